The SMILES string of the molecule is COc1ccc(Cl)cc1S(=O)(=O)NCC1CCN(c2nc3ccccc3s2)CC1. The normalized spacial score (nSPS) is 15.7. The van der Waals surface area contributed by atoms with Crippen molar-refractivity contribution in [3.63, 3.8) is 0 Å². The number of thiazole rings is 1. The summed E-state index contributed by atoms with van der Waals surface area (Å²) >= 11 is 7.68. The molecule has 1 saturated heterocycles. The molecule has 0 saturated carbocycles. The number of para-hydroxylation sites is 1. The Hall–Kier alpha value is -1.87. The molecular formula is C20H22ClN3O3S2. The largest absolute Gasteiger partial charge is 0.495 e. The smallest absolute Gasteiger partial charge is 0.244 e. The summed E-state index contributed by atoms with van der Waals surface area (Å²) in [5, 5.41) is 1.39. The number of methoxy groups -OCH3 is 1. The monoisotopic (exact) mass is 451 g/mol. The fourth-order valence-electron chi connectivity index (χ4n) is 3.49. The van der Waals surface area contributed by atoms with Crippen LogP contribution in [0.25, 0.3) is 10.2 Å². The van der Waals surface area contributed by atoms with Crippen LogP contribution in [-0.4, -0.2) is 40.1 Å². The lowest BCUT2D eigenvalue weighted by Gasteiger charge is -2.31. The zero-order chi connectivity index (χ0) is 20.4. The third kappa shape index (κ3) is 4.50. The van der Waals surface area contributed by atoms with Crippen molar-refractivity contribution in [2.75, 3.05) is 31.6 Å². The van der Waals surface area contributed by atoms with E-state index >= 15 is 0 Å². The number of nitrogens with zero attached hydrogens (tertiary/aromatic N) is 2. The van der Waals surface area contributed by atoms with Gasteiger partial charge in [0.1, 0.15) is 10.6 Å². The van der Waals surface area contributed by atoms with Crippen molar-refractivity contribution in [3.8, 4) is 5.75 Å². The molecule has 0 bridgehead atoms. The van der Waals surface area contributed by atoms with Crippen molar-refractivity contribution >= 4 is 48.3 Å². The van der Waals surface area contributed by atoms with E-state index in [9.17, 15) is 8.42 Å². The lowest BCUT2D eigenvalue weighted by atomic mass is 9.97. The Morgan fingerprint density at radius 3 is 2.72 bits per heavy atom. The van der Waals surface area contributed by atoms with E-state index in [4.69, 9.17) is 21.3 Å². The van der Waals surface area contributed by atoms with Gasteiger partial charge in [-0.2, -0.15) is 0 Å². The van der Waals surface area contributed by atoms with Gasteiger partial charge in [-0.05, 0) is 49.1 Å². The highest BCUT2D eigenvalue weighted by Crippen LogP contribution is 2.32. The topological polar surface area (TPSA) is 71.5 Å². The Morgan fingerprint density at radius 2 is 2.00 bits per heavy atom. The van der Waals surface area contributed by atoms with Gasteiger partial charge in [0.2, 0.25) is 10.0 Å². The van der Waals surface area contributed by atoms with Crippen molar-refractivity contribution < 1.29 is 13.2 Å². The van der Waals surface area contributed by atoms with Crippen LogP contribution in [0.3, 0.4) is 0 Å². The van der Waals surface area contributed by atoms with Crippen molar-refractivity contribution in [1.29, 1.82) is 0 Å². The molecule has 3 aromatic rings. The molecule has 2 heterocycles. The third-order valence-electron chi connectivity index (χ3n) is 5.14. The molecule has 0 amide bonds. The van der Waals surface area contributed by atoms with Gasteiger partial charge in [0.15, 0.2) is 5.13 Å². The minimum Gasteiger partial charge on any atom is -0.495 e. The number of ether oxygens (including phenoxy) is 1. The van der Waals surface area contributed by atoms with E-state index in [0.29, 0.717) is 11.6 Å². The van der Waals surface area contributed by atoms with E-state index in [0.717, 1.165) is 36.6 Å². The number of hydrogen-bond donors (Lipinski definition) is 1. The average Bonchev–Trinajstić information content (AvgIpc) is 3.17. The third-order valence-corrected chi connectivity index (χ3v) is 7.92. The molecule has 0 aliphatic carbocycles. The first-order valence-corrected chi connectivity index (χ1v) is 12.1. The minimum absolute atomic E-state index is 0.0689. The molecule has 1 fully saturated rings. The van der Waals surface area contributed by atoms with Crippen molar-refractivity contribution in [2.45, 2.75) is 17.7 Å². The first-order valence-electron chi connectivity index (χ1n) is 9.40. The maximum Gasteiger partial charge on any atom is 0.244 e. The Balaban J connectivity index is 1.37. The summed E-state index contributed by atoms with van der Waals surface area (Å²) in [6, 6.07) is 12.7. The Morgan fingerprint density at radius 1 is 1.24 bits per heavy atom. The number of nitrogens with one attached hydrogen (secondary N) is 1. The molecule has 29 heavy (non-hydrogen) atoms. The van der Waals surface area contributed by atoms with Crippen LogP contribution in [0, 0.1) is 5.92 Å². The molecule has 0 spiro atoms. The Labute approximate surface area is 179 Å². The average molecular weight is 452 g/mol. The highest BCUT2D eigenvalue weighted by molar-refractivity contribution is 7.89. The highest BCUT2D eigenvalue weighted by atomic mass is 35.5. The van der Waals surface area contributed by atoms with Gasteiger partial charge in [0.05, 0.1) is 17.3 Å². The van der Waals surface area contributed by atoms with Gasteiger partial charge in [-0.1, -0.05) is 35.1 Å². The lowest BCUT2D eigenvalue weighted by Crippen LogP contribution is -2.38. The molecule has 1 aliphatic rings. The first kappa shape index (κ1) is 20.4. The number of fused-ring (bicyclic) bond motifs is 1. The fraction of sp³-hybridized carbons (Fsp3) is 0.350. The molecule has 9 heteroatoms. The lowest BCUT2D eigenvalue weighted by molar-refractivity contribution is 0.395. The summed E-state index contributed by atoms with van der Waals surface area (Å²) in [6.45, 7) is 2.13. The van der Waals surface area contributed by atoms with Gasteiger partial charge in [-0.3, -0.25) is 0 Å². The zero-order valence-electron chi connectivity index (χ0n) is 16.0. The number of piperidine rings is 1. The van der Waals surface area contributed by atoms with Crippen molar-refractivity contribution in [2.24, 2.45) is 5.92 Å². The second kappa shape index (κ2) is 8.47. The minimum atomic E-state index is -3.69. The summed E-state index contributed by atoms with van der Waals surface area (Å²) < 4.78 is 34.5. The van der Waals surface area contributed by atoms with Crippen LogP contribution in [-0.2, 0) is 10.0 Å². The molecule has 4 rings (SSSR count). The van der Waals surface area contributed by atoms with Gasteiger partial charge in [-0.25, -0.2) is 18.1 Å². The maximum atomic E-state index is 12.7. The van der Waals surface area contributed by atoms with E-state index in [-0.39, 0.29) is 16.6 Å². The van der Waals surface area contributed by atoms with E-state index in [1.165, 1.54) is 17.9 Å². The summed E-state index contributed by atoms with van der Waals surface area (Å²) in [5.74, 6) is 0.563. The van der Waals surface area contributed by atoms with Gasteiger partial charge in [0.25, 0.3) is 0 Å². The van der Waals surface area contributed by atoms with E-state index in [2.05, 4.69) is 15.7 Å². The number of benzene rings is 2. The Kier molecular flexibility index (Phi) is 5.96. The molecule has 0 radical (unpaired) electrons. The number of sulfonamides is 1. The van der Waals surface area contributed by atoms with Crippen LogP contribution in [0.15, 0.2) is 47.4 Å². The second-order valence-corrected chi connectivity index (χ2v) is 10.2. The summed E-state index contributed by atoms with van der Waals surface area (Å²) in [6.07, 6.45) is 1.82. The van der Waals surface area contributed by atoms with Crippen LogP contribution in [0.1, 0.15) is 12.8 Å². The van der Waals surface area contributed by atoms with Crippen LogP contribution in [0.2, 0.25) is 5.02 Å². The van der Waals surface area contributed by atoms with E-state index < -0.39 is 10.0 Å². The number of hydrogen-bond acceptors (Lipinski definition) is 6. The van der Waals surface area contributed by atoms with Gasteiger partial charge < -0.3 is 9.64 Å². The van der Waals surface area contributed by atoms with Crippen LogP contribution in [0.5, 0.6) is 5.75 Å². The van der Waals surface area contributed by atoms with Crippen molar-refractivity contribution in [1.82, 2.24) is 9.71 Å². The van der Waals surface area contributed by atoms with Crippen LogP contribution < -0.4 is 14.4 Å². The van der Waals surface area contributed by atoms with E-state index in [1.54, 1.807) is 23.5 Å². The van der Waals surface area contributed by atoms with E-state index in [1.807, 2.05) is 18.2 Å². The molecule has 6 nitrogen and oxygen atoms in total. The van der Waals surface area contributed by atoms with Gasteiger partial charge in [0, 0.05) is 24.7 Å². The second-order valence-electron chi connectivity index (χ2n) is 7.04. The summed E-state index contributed by atoms with van der Waals surface area (Å²) in [4.78, 5) is 7.08. The number of aromatic nitrogens is 1. The summed E-state index contributed by atoms with van der Waals surface area (Å²) in [7, 11) is -2.25. The number of anilines is 1. The van der Waals surface area contributed by atoms with Gasteiger partial charge >= 0.3 is 0 Å². The number of rotatable bonds is 6. The van der Waals surface area contributed by atoms with Gasteiger partial charge in [-0.15, -0.1) is 0 Å². The number of halogens is 1. The van der Waals surface area contributed by atoms with Crippen LogP contribution >= 0.6 is 22.9 Å². The predicted molar refractivity (Wildman–Crippen MR) is 118 cm³/mol. The molecule has 0 atom stereocenters. The molecule has 1 N–H and O–H groups in total. The maximum absolute atomic E-state index is 12.7. The van der Waals surface area contributed by atoms with Crippen LogP contribution in [0.4, 0.5) is 5.13 Å². The predicted octanol–water partition coefficient (Wildman–Crippen LogP) is 4.15. The zero-order valence-corrected chi connectivity index (χ0v) is 18.4. The Bertz CT molecular complexity index is 1080. The fourth-order valence-corrected chi connectivity index (χ4v) is 6.05. The standard InChI is InChI=1S/C20H22ClN3O3S2/c1-27-17-7-6-15(21)12-19(17)29(25,26)22-13-14-8-10-24(11-9-14)20-23-16-4-2-3-5-18(16)28-20/h2-7,12,14,22H,8-11,13H2,1H3. The quantitative estimate of drug-likeness (QED) is 0.609. The molecular weight excluding hydrogens is 430 g/mol. The van der Waals surface area contributed by atoms with Crippen molar-refractivity contribution in [3.05, 3.63) is 47.5 Å². The molecule has 2 aromatic carbocycles. The first-order chi connectivity index (χ1) is 14.0. The molecule has 1 aromatic heterocycles. The molecule has 1 aliphatic heterocycles. The molecule has 0 unspecified atom stereocenters. The highest BCUT2D eigenvalue weighted by Gasteiger charge is 2.25. The summed E-state index contributed by atoms with van der Waals surface area (Å²) in [5.41, 5.74) is 1.03. The molecule has 154 valence electrons.